The predicted octanol–water partition coefficient (Wildman–Crippen LogP) is 5.99. The van der Waals surface area contributed by atoms with Crippen LogP contribution in [-0.2, 0) is 5.41 Å². The molecule has 2 nitrogen and oxygen atoms in total. The molecule has 0 heterocycles. The molecule has 0 aliphatic heterocycles. The molecular formula is C20H26N2S. The summed E-state index contributed by atoms with van der Waals surface area (Å²) in [7, 11) is 0. The molecule has 0 unspecified atom stereocenters. The van der Waals surface area contributed by atoms with Gasteiger partial charge >= 0.3 is 0 Å². The van der Waals surface area contributed by atoms with E-state index in [1.54, 1.807) is 23.9 Å². The Bertz CT molecular complexity index is 671. The van der Waals surface area contributed by atoms with Crippen molar-refractivity contribution in [1.82, 2.24) is 0 Å². The fraction of sp³-hybridized carbons (Fsp3) is 0.400. The lowest BCUT2D eigenvalue weighted by atomic mass is 9.72. The van der Waals surface area contributed by atoms with Gasteiger partial charge in [0.25, 0.3) is 0 Å². The zero-order chi connectivity index (χ0) is 17.3. The highest BCUT2D eigenvalue weighted by Crippen LogP contribution is 2.37. The standard InChI is InChI=1S/C20H26N2S/c1-19(2,3)13-20(4,5)14-6-8-15(9-7-14)23-16-10-11-17(21)18(22)12-16/h6-12,21-22H,13H2,1-5H3. The van der Waals surface area contributed by atoms with Crippen molar-refractivity contribution >= 4 is 23.2 Å². The van der Waals surface area contributed by atoms with Crippen molar-refractivity contribution in [2.45, 2.75) is 51.3 Å². The second-order valence-corrected chi connectivity index (χ2v) is 9.10. The van der Waals surface area contributed by atoms with Gasteiger partial charge in [0.15, 0.2) is 0 Å². The van der Waals surface area contributed by atoms with E-state index in [9.17, 15) is 0 Å². The first-order chi connectivity index (χ1) is 10.6. The van der Waals surface area contributed by atoms with E-state index >= 15 is 0 Å². The number of allylic oxidation sites excluding steroid dienone is 3. The highest BCUT2D eigenvalue weighted by molar-refractivity contribution is 8.03. The first-order valence-electron chi connectivity index (χ1n) is 7.92. The lowest BCUT2D eigenvalue weighted by Gasteiger charge is -2.33. The molecule has 2 N–H and O–H groups in total. The molecule has 0 amide bonds. The Kier molecular flexibility index (Phi) is 5.00. The first-order valence-corrected chi connectivity index (χ1v) is 8.74. The van der Waals surface area contributed by atoms with Crippen molar-refractivity contribution in [1.29, 1.82) is 10.8 Å². The number of rotatable bonds is 4. The van der Waals surface area contributed by atoms with Gasteiger partial charge in [0.05, 0.1) is 11.4 Å². The average molecular weight is 327 g/mol. The topological polar surface area (TPSA) is 47.7 Å². The maximum Gasteiger partial charge on any atom is 0.0800 e. The summed E-state index contributed by atoms with van der Waals surface area (Å²) in [5.74, 6) is 0. The van der Waals surface area contributed by atoms with Gasteiger partial charge < -0.3 is 0 Å². The van der Waals surface area contributed by atoms with Gasteiger partial charge in [-0.2, -0.15) is 0 Å². The molecule has 1 aromatic carbocycles. The van der Waals surface area contributed by atoms with E-state index in [0.29, 0.717) is 5.41 Å². The van der Waals surface area contributed by atoms with Crippen LogP contribution in [0, 0.1) is 16.2 Å². The summed E-state index contributed by atoms with van der Waals surface area (Å²) in [6.45, 7) is 11.5. The minimum absolute atomic E-state index is 0.155. The van der Waals surface area contributed by atoms with Crippen LogP contribution in [-0.4, -0.2) is 11.4 Å². The third-order valence-electron chi connectivity index (χ3n) is 3.83. The average Bonchev–Trinajstić information content (AvgIpc) is 2.41. The molecule has 122 valence electrons. The Hall–Kier alpha value is -1.61. The molecule has 0 fully saturated rings. The van der Waals surface area contributed by atoms with Crippen LogP contribution in [0.15, 0.2) is 52.3 Å². The molecule has 0 radical (unpaired) electrons. The predicted molar refractivity (Wildman–Crippen MR) is 102 cm³/mol. The molecule has 3 heteroatoms. The lowest BCUT2D eigenvalue weighted by molar-refractivity contribution is 0.284. The third kappa shape index (κ3) is 4.93. The van der Waals surface area contributed by atoms with Gasteiger partial charge in [0.2, 0.25) is 0 Å². The summed E-state index contributed by atoms with van der Waals surface area (Å²) >= 11 is 1.64. The third-order valence-corrected chi connectivity index (χ3v) is 4.83. The van der Waals surface area contributed by atoms with Gasteiger partial charge in [-0.1, -0.05) is 58.5 Å². The van der Waals surface area contributed by atoms with Crippen molar-refractivity contribution in [3.63, 3.8) is 0 Å². The van der Waals surface area contributed by atoms with E-state index in [4.69, 9.17) is 10.8 Å². The second-order valence-electron chi connectivity index (χ2n) is 7.96. The van der Waals surface area contributed by atoms with Crippen molar-refractivity contribution in [2.75, 3.05) is 0 Å². The van der Waals surface area contributed by atoms with Crippen LogP contribution in [0.1, 0.15) is 46.6 Å². The number of hydrogen-bond acceptors (Lipinski definition) is 3. The van der Waals surface area contributed by atoms with E-state index in [0.717, 1.165) is 16.2 Å². The number of thioether (sulfide) groups is 1. The molecule has 0 saturated heterocycles. The molecule has 0 spiro atoms. The lowest BCUT2D eigenvalue weighted by Crippen LogP contribution is -2.24. The SMILES string of the molecule is CC(C)(C)CC(C)(C)c1ccc(SC2=CC(=N)C(=N)C=C2)cc1. The minimum atomic E-state index is 0.155. The summed E-state index contributed by atoms with van der Waals surface area (Å²) < 4.78 is 0. The summed E-state index contributed by atoms with van der Waals surface area (Å²) in [5.41, 5.74) is 2.37. The Morgan fingerprint density at radius 1 is 0.870 bits per heavy atom. The normalized spacial score (nSPS) is 15.8. The number of nitrogens with one attached hydrogen (secondary N) is 2. The van der Waals surface area contributed by atoms with E-state index < -0.39 is 0 Å². The van der Waals surface area contributed by atoms with Gasteiger partial charge in [0.1, 0.15) is 0 Å². The Morgan fingerprint density at radius 2 is 1.48 bits per heavy atom. The monoisotopic (exact) mass is 326 g/mol. The van der Waals surface area contributed by atoms with E-state index in [2.05, 4.69) is 58.9 Å². The van der Waals surface area contributed by atoms with Gasteiger partial charge in [-0.05, 0) is 53.2 Å². The minimum Gasteiger partial charge on any atom is -0.299 e. The van der Waals surface area contributed by atoms with Crippen LogP contribution in [0.25, 0.3) is 0 Å². The zero-order valence-corrected chi connectivity index (χ0v) is 15.5. The molecule has 0 aromatic heterocycles. The Labute approximate surface area is 144 Å². The van der Waals surface area contributed by atoms with Crippen molar-refractivity contribution in [2.24, 2.45) is 5.41 Å². The van der Waals surface area contributed by atoms with Crippen molar-refractivity contribution < 1.29 is 0 Å². The second kappa shape index (κ2) is 6.48. The van der Waals surface area contributed by atoms with Crippen LogP contribution < -0.4 is 0 Å². The molecule has 0 saturated carbocycles. The largest absolute Gasteiger partial charge is 0.299 e. The van der Waals surface area contributed by atoms with Gasteiger partial charge in [-0.3, -0.25) is 10.8 Å². The molecule has 1 aliphatic rings. The van der Waals surface area contributed by atoms with E-state index in [1.807, 2.05) is 6.08 Å². The Balaban J connectivity index is 2.11. The van der Waals surface area contributed by atoms with Gasteiger partial charge in [-0.25, -0.2) is 0 Å². The van der Waals surface area contributed by atoms with Crippen LogP contribution in [0.3, 0.4) is 0 Å². The van der Waals surface area contributed by atoms with Crippen LogP contribution in [0.5, 0.6) is 0 Å². The van der Waals surface area contributed by atoms with Crippen LogP contribution in [0.2, 0.25) is 0 Å². The molecular weight excluding hydrogens is 300 g/mol. The molecule has 0 atom stereocenters. The highest BCUT2D eigenvalue weighted by atomic mass is 32.2. The fourth-order valence-corrected chi connectivity index (χ4v) is 3.98. The van der Waals surface area contributed by atoms with E-state index in [1.165, 1.54) is 5.56 Å². The summed E-state index contributed by atoms with van der Waals surface area (Å²) in [6, 6.07) is 8.74. The van der Waals surface area contributed by atoms with E-state index in [-0.39, 0.29) is 16.8 Å². The van der Waals surface area contributed by atoms with Gasteiger partial charge in [0, 0.05) is 9.80 Å². The molecule has 1 aromatic rings. The quantitative estimate of drug-likeness (QED) is 0.656. The smallest absolute Gasteiger partial charge is 0.0800 e. The van der Waals surface area contributed by atoms with Crippen LogP contribution in [0.4, 0.5) is 0 Å². The molecule has 0 bridgehead atoms. The zero-order valence-electron chi connectivity index (χ0n) is 14.7. The number of hydrogen-bond donors (Lipinski definition) is 2. The van der Waals surface area contributed by atoms with Crippen molar-refractivity contribution in [3.8, 4) is 0 Å². The highest BCUT2D eigenvalue weighted by Gasteiger charge is 2.27. The van der Waals surface area contributed by atoms with Gasteiger partial charge in [-0.15, -0.1) is 0 Å². The Morgan fingerprint density at radius 3 is 2.00 bits per heavy atom. The maximum atomic E-state index is 7.72. The fourth-order valence-electron chi connectivity index (χ4n) is 3.12. The summed E-state index contributed by atoms with van der Waals surface area (Å²) in [5, 5.41) is 15.3. The maximum absolute atomic E-state index is 7.72. The summed E-state index contributed by atoms with van der Waals surface area (Å²) in [6.07, 6.45) is 6.48. The molecule has 1 aliphatic carbocycles. The first kappa shape index (κ1) is 17.7. The molecule has 23 heavy (non-hydrogen) atoms. The summed E-state index contributed by atoms with van der Waals surface area (Å²) in [4.78, 5) is 2.17. The van der Waals surface area contributed by atoms with Crippen molar-refractivity contribution in [3.05, 3.63) is 53.0 Å². The van der Waals surface area contributed by atoms with Crippen LogP contribution >= 0.6 is 11.8 Å². The molecule has 2 rings (SSSR count). The number of benzene rings is 1.